The first kappa shape index (κ1) is 15.6. The number of hydrogen-bond acceptors (Lipinski definition) is 4. The number of carboxylic acids is 1. The first-order valence-electron chi connectivity index (χ1n) is 6.09. The Labute approximate surface area is 115 Å². The number of carbonyl (C=O) groups is 2. The van der Waals surface area contributed by atoms with Crippen LogP contribution in [0.5, 0.6) is 0 Å². The number of amides is 1. The maximum Gasteiger partial charge on any atom is 0.303 e. The van der Waals surface area contributed by atoms with Gasteiger partial charge in [-0.05, 0) is 31.9 Å². The standard InChI is InChI=1S/C13H16N2O5/c1-8-3-5-11(15(19)20)10(7-8)13(18)14-9(2)4-6-12(16)17/h3,5,7,9H,4,6H2,1-2H3,(H,14,18)(H,16,17). The lowest BCUT2D eigenvalue weighted by Gasteiger charge is -2.13. The molecule has 1 unspecified atom stereocenters. The van der Waals surface area contributed by atoms with Crippen LogP contribution < -0.4 is 5.32 Å². The van der Waals surface area contributed by atoms with Crippen molar-refractivity contribution in [2.24, 2.45) is 0 Å². The van der Waals surface area contributed by atoms with Crippen LogP contribution in [0.15, 0.2) is 18.2 Å². The highest BCUT2D eigenvalue weighted by atomic mass is 16.6. The van der Waals surface area contributed by atoms with E-state index >= 15 is 0 Å². The molecule has 7 heteroatoms. The first-order valence-corrected chi connectivity index (χ1v) is 6.09. The van der Waals surface area contributed by atoms with Crippen molar-refractivity contribution in [2.75, 3.05) is 0 Å². The predicted octanol–water partition coefficient (Wildman–Crippen LogP) is 1.89. The van der Waals surface area contributed by atoms with Gasteiger partial charge in [0.25, 0.3) is 11.6 Å². The molecule has 108 valence electrons. The minimum absolute atomic E-state index is 0.0165. The van der Waals surface area contributed by atoms with Crippen LogP contribution in [0.25, 0.3) is 0 Å². The average Bonchev–Trinajstić information content (AvgIpc) is 2.35. The van der Waals surface area contributed by atoms with E-state index < -0.39 is 16.8 Å². The Morgan fingerprint density at radius 2 is 2.10 bits per heavy atom. The summed E-state index contributed by atoms with van der Waals surface area (Å²) in [5.41, 5.74) is 0.453. The molecule has 0 spiro atoms. The Bertz CT molecular complexity index is 542. The second-order valence-corrected chi connectivity index (χ2v) is 4.58. The number of nitro groups is 1. The van der Waals surface area contributed by atoms with Crippen molar-refractivity contribution >= 4 is 17.6 Å². The van der Waals surface area contributed by atoms with Crippen LogP contribution in [-0.2, 0) is 4.79 Å². The summed E-state index contributed by atoms with van der Waals surface area (Å²) < 4.78 is 0. The van der Waals surface area contributed by atoms with Crippen molar-refractivity contribution in [1.29, 1.82) is 0 Å². The molecule has 1 aromatic rings. The van der Waals surface area contributed by atoms with Gasteiger partial charge in [0, 0.05) is 18.5 Å². The van der Waals surface area contributed by atoms with E-state index in [2.05, 4.69) is 5.32 Å². The Morgan fingerprint density at radius 1 is 1.45 bits per heavy atom. The van der Waals surface area contributed by atoms with Gasteiger partial charge in [0.2, 0.25) is 0 Å². The highest BCUT2D eigenvalue weighted by molar-refractivity contribution is 5.98. The van der Waals surface area contributed by atoms with Crippen LogP contribution in [0.2, 0.25) is 0 Å². The Hall–Kier alpha value is -2.44. The van der Waals surface area contributed by atoms with E-state index in [1.54, 1.807) is 19.9 Å². The van der Waals surface area contributed by atoms with E-state index in [1.165, 1.54) is 12.1 Å². The molecule has 0 aliphatic heterocycles. The van der Waals surface area contributed by atoms with E-state index in [9.17, 15) is 19.7 Å². The molecule has 0 aliphatic carbocycles. The minimum Gasteiger partial charge on any atom is -0.481 e. The van der Waals surface area contributed by atoms with E-state index in [0.29, 0.717) is 0 Å². The summed E-state index contributed by atoms with van der Waals surface area (Å²) in [4.78, 5) is 32.7. The highest BCUT2D eigenvalue weighted by Crippen LogP contribution is 2.20. The van der Waals surface area contributed by atoms with E-state index in [4.69, 9.17) is 5.11 Å². The fourth-order valence-electron chi connectivity index (χ4n) is 1.70. The summed E-state index contributed by atoms with van der Waals surface area (Å²) in [7, 11) is 0. The van der Waals surface area contributed by atoms with Crippen LogP contribution in [0.3, 0.4) is 0 Å². The van der Waals surface area contributed by atoms with Crippen LogP contribution in [-0.4, -0.2) is 27.9 Å². The van der Waals surface area contributed by atoms with Crippen molar-refractivity contribution in [3.05, 3.63) is 39.4 Å². The summed E-state index contributed by atoms with van der Waals surface area (Å²) in [6, 6.07) is 3.91. The molecule has 0 saturated carbocycles. The zero-order chi connectivity index (χ0) is 15.3. The number of carbonyl (C=O) groups excluding carboxylic acids is 1. The molecular weight excluding hydrogens is 264 g/mol. The van der Waals surface area contributed by atoms with Crippen molar-refractivity contribution in [3.63, 3.8) is 0 Å². The SMILES string of the molecule is Cc1ccc([N+](=O)[O-])c(C(=O)NC(C)CCC(=O)O)c1. The van der Waals surface area contributed by atoms with Gasteiger partial charge >= 0.3 is 5.97 Å². The summed E-state index contributed by atoms with van der Waals surface area (Å²) in [5.74, 6) is -1.52. The molecule has 0 aliphatic rings. The summed E-state index contributed by atoms with van der Waals surface area (Å²) in [6.45, 7) is 3.39. The molecule has 0 bridgehead atoms. The average molecular weight is 280 g/mol. The lowest BCUT2D eigenvalue weighted by atomic mass is 10.1. The molecule has 0 heterocycles. The van der Waals surface area contributed by atoms with Crippen molar-refractivity contribution in [2.45, 2.75) is 32.7 Å². The molecule has 0 saturated heterocycles. The molecular formula is C13H16N2O5. The fraction of sp³-hybridized carbons (Fsp3) is 0.385. The van der Waals surface area contributed by atoms with Gasteiger partial charge in [0.1, 0.15) is 5.56 Å². The Balaban J connectivity index is 2.84. The molecule has 0 aromatic heterocycles. The van der Waals surface area contributed by atoms with Gasteiger partial charge in [-0.25, -0.2) is 0 Å². The number of aryl methyl sites for hydroxylation is 1. The van der Waals surface area contributed by atoms with Crippen LogP contribution in [0.4, 0.5) is 5.69 Å². The molecule has 20 heavy (non-hydrogen) atoms. The zero-order valence-electron chi connectivity index (χ0n) is 11.3. The largest absolute Gasteiger partial charge is 0.481 e. The number of hydrogen-bond donors (Lipinski definition) is 2. The minimum atomic E-state index is -0.951. The second kappa shape index (κ2) is 6.65. The number of nitrogens with zero attached hydrogens (tertiary/aromatic N) is 1. The van der Waals surface area contributed by atoms with Gasteiger partial charge < -0.3 is 10.4 Å². The fourth-order valence-corrected chi connectivity index (χ4v) is 1.70. The van der Waals surface area contributed by atoms with E-state index in [0.717, 1.165) is 5.56 Å². The maximum absolute atomic E-state index is 12.0. The van der Waals surface area contributed by atoms with Gasteiger partial charge in [-0.15, -0.1) is 0 Å². The van der Waals surface area contributed by atoms with Crippen LogP contribution in [0, 0.1) is 17.0 Å². The van der Waals surface area contributed by atoms with Crippen molar-refractivity contribution in [1.82, 2.24) is 5.32 Å². The number of carboxylic acid groups (broad SMARTS) is 1. The molecule has 1 aromatic carbocycles. The summed E-state index contributed by atoms with van der Waals surface area (Å²) >= 11 is 0. The quantitative estimate of drug-likeness (QED) is 0.610. The molecule has 0 fully saturated rings. The lowest BCUT2D eigenvalue weighted by Crippen LogP contribution is -2.33. The maximum atomic E-state index is 12.0. The van der Waals surface area contributed by atoms with E-state index in [-0.39, 0.29) is 30.1 Å². The van der Waals surface area contributed by atoms with Crippen molar-refractivity contribution in [3.8, 4) is 0 Å². The van der Waals surface area contributed by atoms with Gasteiger partial charge in [-0.3, -0.25) is 19.7 Å². The molecule has 1 amide bonds. The lowest BCUT2D eigenvalue weighted by molar-refractivity contribution is -0.385. The van der Waals surface area contributed by atoms with Gasteiger partial charge in [0.05, 0.1) is 4.92 Å². The van der Waals surface area contributed by atoms with Crippen LogP contribution in [0.1, 0.15) is 35.7 Å². The summed E-state index contributed by atoms with van der Waals surface area (Å²) in [6.07, 6.45) is 0.193. The third-order valence-corrected chi connectivity index (χ3v) is 2.76. The van der Waals surface area contributed by atoms with Gasteiger partial charge in [0.15, 0.2) is 0 Å². The van der Waals surface area contributed by atoms with Crippen LogP contribution >= 0.6 is 0 Å². The topological polar surface area (TPSA) is 110 Å². The number of rotatable bonds is 6. The molecule has 1 rings (SSSR count). The number of nitrogens with one attached hydrogen (secondary N) is 1. The molecule has 0 radical (unpaired) electrons. The van der Waals surface area contributed by atoms with Gasteiger partial charge in [-0.2, -0.15) is 0 Å². The first-order chi connectivity index (χ1) is 9.31. The van der Waals surface area contributed by atoms with Crippen molar-refractivity contribution < 1.29 is 19.6 Å². The molecule has 2 N–H and O–H groups in total. The molecule has 1 atom stereocenters. The monoisotopic (exact) mass is 280 g/mol. The third kappa shape index (κ3) is 4.34. The zero-order valence-corrected chi connectivity index (χ0v) is 11.3. The second-order valence-electron chi connectivity index (χ2n) is 4.58. The number of nitro benzene ring substituents is 1. The summed E-state index contributed by atoms with van der Waals surface area (Å²) in [5, 5.41) is 22.0. The predicted molar refractivity (Wildman–Crippen MR) is 71.6 cm³/mol. The smallest absolute Gasteiger partial charge is 0.303 e. The van der Waals surface area contributed by atoms with Gasteiger partial charge in [-0.1, -0.05) is 6.07 Å². The third-order valence-electron chi connectivity index (χ3n) is 2.76. The van der Waals surface area contributed by atoms with E-state index in [1.807, 2.05) is 0 Å². The normalized spacial score (nSPS) is 11.7. The number of aliphatic carboxylic acids is 1. The Kier molecular flexibility index (Phi) is 5.19. The highest BCUT2D eigenvalue weighted by Gasteiger charge is 2.21. The number of benzene rings is 1. The molecule has 7 nitrogen and oxygen atoms in total. The Morgan fingerprint density at radius 3 is 2.65 bits per heavy atom.